The second-order valence-electron chi connectivity index (χ2n) is 3.62. The molecule has 4 nitrogen and oxygen atoms in total. The molecule has 0 aliphatic carbocycles. The van der Waals surface area contributed by atoms with Gasteiger partial charge in [0.15, 0.2) is 0 Å². The lowest BCUT2D eigenvalue weighted by Gasteiger charge is -2.09. The molecule has 0 aliphatic heterocycles. The molecule has 0 radical (unpaired) electrons. The lowest BCUT2D eigenvalue weighted by Crippen LogP contribution is -2.08. The summed E-state index contributed by atoms with van der Waals surface area (Å²) in [5.41, 5.74) is 4.35. The molecule has 0 saturated carbocycles. The van der Waals surface area contributed by atoms with Gasteiger partial charge < -0.3 is 10.2 Å². The van der Waals surface area contributed by atoms with Gasteiger partial charge in [0.1, 0.15) is 5.75 Å². The summed E-state index contributed by atoms with van der Waals surface area (Å²) in [7, 11) is 2.63. The van der Waals surface area contributed by atoms with E-state index < -0.39 is 0 Å². The lowest BCUT2D eigenvalue weighted by molar-refractivity contribution is 0.466. The Bertz CT molecular complexity index is 531. The van der Waals surface area contributed by atoms with Crippen molar-refractivity contribution in [1.29, 1.82) is 0 Å². The molecule has 1 aromatic carbocycles. The quantitative estimate of drug-likeness (QED) is 0.494. The van der Waals surface area contributed by atoms with Gasteiger partial charge in [0.2, 0.25) is 5.88 Å². The first-order valence-corrected chi connectivity index (χ1v) is 5.74. The summed E-state index contributed by atoms with van der Waals surface area (Å²) >= 11 is 0. The molecule has 1 aromatic heterocycles. The molecule has 1 atom stereocenters. The fraction of sp³-hybridized carbons (Fsp3) is 0.0833. The molecule has 88 valence electrons. The normalized spacial score (nSPS) is 10.1. The fourth-order valence-corrected chi connectivity index (χ4v) is 1.69. The number of benzene rings is 1. The number of ether oxygens (including phenoxy) is 1. The molecule has 17 heavy (non-hydrogen) atoms. The van der Waals surface area contributed by atoms with Crippen molar-refractivity contribution in [1.82, 2.24) is 4.98 Å². The molecule has 0 saturated heterocycles. The van der Waals surface area contributed by atoms with Crippen molar-refractivity contribution in [3.8, 4) is 11.6 Å². The van der Waals surface area contributed by atoms with E-state index in [9.17, 15) is 0 Å². The largest absolute Gasteiger partial charge is 0.438 e. The third-order valence-electron chi connectivity index (χ3n) is 2.37. The predicted octanol–water partition coefficient (Wildman–Crippen LogP) is 1.97. The Hall–Kier alpha value is -1.64. The van der Waals surface area contributed by atoms with Crippen molar-refractivity contribution in [3.63, 3.8) is 0 Å². The van der Waals surface area contributed by atoms with E-state index in [1.807, 2.05) is 37.3 Å². The highest BCUT2D eigenvalue weighted by Gasteiger charge is 2.04. The number of hydrogen-bond acceptors (Lipinski definition) is 4. The highest BCUT2D eigenvalue weighted by Crippen LogP contribution is 2.22. The first-order valence-electron chi connectivity index (χ1n) is 5.16. The number of aromatic nitrogens is 1. The Kier molecular flexibility index (Phi) is 3.57. The zero-order valence-corrected chi connectivity index (χ0v) is 10.6. The number of anilines is 1. The van der Waals surface area contributed by atoms with Crippen molar-refractivity contribution < 1.29 is 4.74 Å². The zero-order chi connectivity index (χ0) is 12.3. The van der Waals surface area contributed by atoms with Crippen LogP contribution in [0.1, 0.15) is 5.56 Å². The molecule has 2 rings (SSSR count). The summed E-state index contributed by atoms with van der Waals surface area (Å²) in [5.74, 6) is 6.67. The first kappa shape index (κ1) is 11.8. The smallest absolute Gasteiger partial charge is 0.219 e. The molecular formula is C12H14N3OP. The summed E-state index contributed by atoms with van der Waals surface area (Å²) in [5, 5.41) is 0.993. The Morgan fingerprint density at radius 3 is 2.76 bits per heavy atom. The average molecular weight is 247 g/mol. The van der Waals surface area contributed by atoms with Gasteiger partial charge >= 0.3 is 0 Å². The van der Waals surface area contributed by atoms with Crippen LogP contribution in [0.5, 0.6) is 11.6 Å². The highest BCUT2D eigenvalue weighted by atomic mass is 31.0. The van der Waals surface area contributed by atoms with Gasteiger partial charge in [-0.05, 0) is 18.6 Å². The molecule has 1 heterocycles. The molecule has 5 heteroatoms. The molecule has 0 fully saturated rings. The minimum atomic E-state index is 0.552. The van der Waals surface area contributed by atoms with E-state index in [2.05, 4.69) is 19.6 Å². The number of nitrogens with zero attached hydrogens (tertiary/aromatic N) is 1. The summed E-state index contributed by atoms with van der Waals surface area (Å²) in [6.07, 6.45) is 1.65. The first-order chi connectivity index (χ1) is 8.20. The van der Waals surface area contributed by atoms with E-state index in [1.165, 1.54) is 0 Å². The molecule has 3 N–H and O–H groups in total. The van der Waals surface area contributed by atoms with Crippen LogP contribution in [0.15, 0.2) is 36.5 Å². The third-order valence-corrected chi connectivity index (χ3v) is 2.85. The van der Waals surface area contributed by atoms with E-state index >= 15 is 0 Å². The zero-order valence-electron chi connectivity index (χ0n) is 9.47. The lowest BCUT2D eigenvalue weighted by atomic mass is 10.2. The summed E-state index contributed by atoms with van der Waals surface area (Å²) in [6, 6.07) is 9.57. The highest BCUT2D eigenvalue weighted by molar-refractivity contribution is 7.27. The summed E-state index contributed by atoms with van der Waals surface area (Å²) < 4.78 is 5.69. The van der Waals surface area contributed by atoms with Crippen molar-refractivity contribution >= 4 is 20.2 Å². The number of nitrogen functional groups attached to an aromatic ring is 1. The van der Waals surface area contributed by atoms with Crippen LogP contribution in [-0.2, 0) is 0 Å². The number of nitrogens with two attached hydrogens (primary N) is 1. The number of para-hydroxylation sites is 1. The number of hydrazine groups is 1. The number of aryl methyl sites for hydroxylation is 1. The summed E-state index contributed by atoms with van der Waals surface area (Å²) in [4.78, 5) is 4.17. The van der Waals surface area contributed by atoms with Crippen molar-refractivity contribution in [2.75, 3.05) is 5.43 Å². The standard InChI is InChI=1S/C12H14N3OP/c1-8-6-12(14-7-9(8)15-13)16-10-4-2-3-5-11(10)17/h2-7,15H,13,17H2,1H3. The van der Waals surface area contributed by atoms with Gasteiger partial charge in [-0.15, -0.1) is 9.24 Å². The van der Waals surface area contributed by atoms with Crippen LogP contribution in [0.25, 0.3) is 0 Å². The molecular weight excluding hydrogens is 233 g/mol. The van der Waals surface area contributed by atoms with E-state index in [4.69, 9.17) is 10.6 Å². The van der Waals surface area contributed by atoms with Gasteiger partial charge in [-0.1, -0.05) is 18.2 Å². The maximum atomic E-state index is 5.69. The van der Waals surface area contributed by atoms with E-state index in [0.29, 0.717) is 5.88 Å². The Morgan fingerprint density at radius 2 is 2.12 bits per heavy atom. The Morgan fingerprint density at radius 1 is 1.35 bits per heavy atom. The van der Waals surface area contributed by atoms with Crippen LogP contribution in [0.4, 0.5) is 5.69 Å². The van der Waals surface area contributed by atoms with Crippen molar-refractivity contribution in [2.24, 2.45) is 5.84 Å². The van der Waals surface area contributed by atoms with Gasteiger partial charge in [-0.25, -0.2) is 4.98 Å². The Balaban J connectivity index is 2.25. The van der Waals surface area contributed by atoms with Gasteiger partial charge in [-0.2, -0.15) is 0 Å². The van der Waals surface area contributed by atoms with E-state index in [1.54, 1.807) is 6.20 Å². The SMILES string of the molecule is Cc1cc(Oc2ccccc2P)ncc1NN. The third kappa shape index (κ3) is 2.73. The van der Waals surface area contributed by atoms with Crippen molar-refractivity contribution in [2.45, 2.75) is 6.92 Å². The summed E-state index contributed by atoms with van der Waals surface area (Å²) in [6.45, 7) is 1.94. The minimum absolute atomic E-state index is 0.552. The maximum absolute atomic E-state index is 5.69. The molecule has 2 aromatic rings. The van der Waals surface area contributed by atoms with Crippen LogP contribution in [0.3, 0.4) is 0 Å². The monoisotopic (exact) mass is 247 g/mol. The van der Waals surface area contributed by atoms with Crippen LogP contribution < -0.4 is 21.3 Å². The number of hydrogen-bond donors (Lipinski definition) is 2. The molecule has 1 unspecified atom stereocenters. The number of nitrogens with one attached hydrogen (secondary N) is 1. The van der Waals surface area contributed by atoms with E-state index in [-0.39, 0.29) is 0 Å². The maximum Gasteiger partial charge on any atom is 0.219 e. The van der Waals surface area contributed by atoms with Gasteiger partial charge in [0.05, 0.1) is 11.9 Å². The molecule has 0 aliphatic rings. The number of pyridine rings is 1. The van der Waals surface area contributed by atoms with Crippen LogP contribution >= 0.6 is 9.24 Å². The van der Waals surface area contributed by atoms with Crippen LogP contribution in [-0.4, -0.2) is 4.98 Å². The predicted molar refractivity (Wildman–Crippen MR) is 72.6 cm³/mol. The second kappa shape index (κ2) is 5.13. The number of rotatable bonds is 3. The molecule has 0 bridgehead atoms. The van der Waals surface area contributed by atoms with Gasteiger partial charge in [0.25, 0.3) is 0 Å². The Labute approximate surface area is 102 Å². The van der Waals surface area contributed by atoms with Gasteiger partial charge in [-0.3, -0.25) is 5.84 Å². The molecule has 0 amide bonds. The van der Waals surface area contributed by atoms with Crippen LogP contribution in [0.2, 0.25) is 0 Å². The minimum Gasteiger partial charge on any atom is -0.438 e. The topological polar surface area (TPSA) is 60.2 Å². The van der Waals surface area contributed by atoms with E-state index in [0.717, 1.165) is 22.3 Å². The molecule has 0 spiro atoms. The second-order valence-corrected chi connectivity index (χ2v) is 4.24. The fourth-order valence-electron chi connectivity index (χ4n) is 1.42. The average Bonchev–Trinajstić information content (AvgIpc) is 2.32. The van der Waals surface area contributed by atoms with Gasteiger partial charge in [0, 0.05) is 11.4 Å². The van der Waals surface area contributed by atoms with Crippen molar-refractivity contribution in [3.05, 3.63) is 42.1 Å². The van der Waals surface area contributed by atoms with Crippen LogP contribution in [0, 0.1) is 6.92 Å².